The van der Waals surface area contributed by atoms with Gasteiger partial charge in [0.2, 0.25) is 5.88 Å². The lowest BCUT2D eigenvalue weighted by atomic mass is 10.3. The predicted octanol–water partition coefficient (Wildman–Crippen LogP) is 0.875. The van der Waals surface area contributed by atoms with E-state index in [1.54, 1.807) is 13.3 Å². The first-order chi connectivity index (χ1) is 6.81. The topological polar surface area (TPSA) is 51.4 Å². The molecule has 78 valence electrons. The van der Waals surface area contributed by atoms with Crippen molar-refractivity contribution in [1.29, 1.82) is 0 Å². The third-order valence-corrected chi connectivity index (χ3v) is 2.07. The summed E-state index contributed by atoms with van der Waals surface area (Å²) >= 11 is 0. The van der Waals surface area contributed by atoms with Gasteiger partial charge in [-0.25, -0.2) is 4.98 Å². The van der Waals surface area contributed by atoms with Gasteiger partial charge in [-0.15, -0.1) is 0 Å². The molecule has 0 saturated carbocycles. The van der Waals surface area contributed by atoms with Crippen molar-refractivity contribution < 1.29 is 4.74 Å². The molecule has 1 aromatic heterocycles. The summed E-state index contributed by atoms with van der Waals surface area (Å²) in [5.74, 6) is 0.637. The van der Waals surface area contributed by atoms with Crippen LogP contribution in [0.1, 0.15) is 6.92 Å². The summed E-state index contributed by atoms with van der Waals surface area (Å²) in [5.41, 5.74) is 6.63. The second kappa shape index (κ2) is 5.44. The molecular weight excluding hydrogens is 178 g/mol. The molecule has 0 fully saturated rings. The minimum absolute atomic E-state index is 0.637. The van der Waals surface area contributed by atoms with Gasteiger partial charge in [-0.3, -0.25) is 0 Å². The monoisotopic (exact) mass is 195 g/mol. The molecule has 0 spiro atoms. The van der Waals surface area contributed by atoms with Gasteiger partial charge in [0, 0.05) is 37.6 Å². The normalized spacial score (nSPS) is 9.93. The Kier molecular flexibility index (Phi) is 4.19. The van der Waals surface area contributed by atoms with E-state index in [1.807, 2.05) is 12.1 Å². The number of methoxy groups -OCH3 is 1. The Labute approximate surface area is 84.7 Å². The summed E-state index contributed by atoms with van der Waals surface area (Å²) in [6.45, 7) is 4.54. The number of nitrogens with two attached hydrogens (primary N) is 1. The molecule has 0 aliphatic carbocycles. The summed E-state index contributed by atoms with van der Waals surface area (Å²) < 4.78 is 5.06. The SMILES string of the molecule is CCN(CCN)c1ccnc(OC)c1. The number of ether oxygens (including phenoxy) is 1. The zero-order valence-corrected chi connectivity index (χ0v) is 8.73. The van der Waals surface area contributed by atoms with Crippen molar-refractivity contribution in [1.82, 2.24) is 4.98 Å². The van der Waals surface area contributed by atoms with Crippen molar-refractivity contribution in [2.75, 3.05) is 31.6 Å². The highest BCUT2D eigenvalue weighted by molar-refractivity contribution is 5.47. The lowest BCUT2D eigenvalue weighted by molar-refractivity contribution is 0.398. The van der Waals surface area contributed by atoms with Crippen LogP contribution in [0.4, 0.5) is 5.69 Å². The maximum absolute atomic E-state index is 5.52. The summed E-state index contributed by atoms with van der Waals surface area (Å²) in [7, 11) is 1.62. The Balaban J connectivity index is 2.80. The third-order valence-electron chi connectivity index (χ3n) is 2.07. The summed E-state index contributed by atoms with van der Waals surface area (Å²) in [5, 5.41) is 0. The number of hydrogen-bond acceptors (Lipinski definition) is 4. The fourth-order valence-corrected chi connectivity index (χ4v) is 1.33. The standard InChI is InChI=1S/C10H17N3O/c1-3-13(7-5-11)9-4-6-12-10(8-9)14-2/h4,6,8H,3,5,7,11H2,1-2H3. The molecule has 0 aliphatic rings. The van der Waals surface area contributed by atoms with Crippen molar-refractivity contribution >= 4 is 5.69 Å². The second-order valence-corrected chi connectivity index (χ2v) is 2.92. The van der Waals surface area contributed by atoms with Crippen LogP contribution in [-0.4, -0.2) is 31.7 Å². The first-order valence-electron chi connectivity index (χ1n) is 4.76. The molecule has 0 saturated heterocycles. The van der Waals surface area contributed by atoms with Crippen molar-refractivity contribution in [3.05, 3.63) is 18.3 Å². The van der Waals surface area contributed by atoms with E-state index in [4.69, 9.17) is 10.5 Å². The molecule has 0 aliphatic heterocycles. The van der Waals surface area contributed by atoms with Crippen LogP contribution in [0.5, 0.6) is 5.88 Å². The minimum Gasteiger partial charge on any atom is -0.481 e. The van der Waals surface area contributed by atoms with Crippen LogP contribution in [0.25, 0.3) is 0 Å². The highest BCUT2D eigenvalue weighted by Crippen LogP contribution is 2.17. The molecule has 1 aromatic rings. The average molecular weight is 195 g/mol. The molecule has 4 heteroatoms. The third kappa shape index (κ3) is 2.60. The molecule has 0 bridgehead atoms. The highest BCUT2D eigenvalue weighted by Gasteiger charge is 2.04. The number of rotatable bonds is 5. The highest BCUT2D eigenvalue weighted by atomic mass is 16.5. The quantitative estimate of drug-likeness (QED) is 0.757. The first-order valence-corrected chi connectivity index (χ1v) is 4.76. The maximum atomic E-state index is 5.52. The largest absolute Gasteiger partial charge is 0.481 e. The summed E-state index contributed by atoms with van der Waals surface area (Å²) in [6.07, 6.45) is 1.74. The number of hydrogen-bond donors (Lipinski definition) is 1. The Hall–Kier alpha value is -1.29. The Morgan fingerprint density at radius 2 is 2.36 bits per heavy atom. The molecule has 0 radical (unpaired) electrons. The van der Waals surface area contributed by atoms with Crippen molar-refractivity contribution in [3.63, 3.8) is 0 Å². The van der Waals surface area contributed by atoms with E-state index in [0.29, 0.717) is 12.4 Å². The van der Waals surface area contributed by atoms with E-state index in [1.165, 1.54) is 0 Å². The van der Waals surface area contributed by atoms with Crippen LogP contribution >= 0.6 is 0 Å². The van der Waals surface area contributed by atoms with Gasteiger partial charge in [0.05, 0.1) is 7.11 Å². The Morgan fingerprint density at radius 3 is 2.93 bits per heavy atom. The van der Waals surface area contributed by atoms with E-state index < -0.39 is 0 Å². The van der Waals surface area contributed by atoms with Crippen LogP contribution in [0, 0.1) is 0 Å². The molecule has 2 N–H and O–H groups in total. The van der Waals surface area contributed by atoms with Crippen LogP contribution < -0.4 is 15.4 Å². The lowest BCUT2D eigenvalue weighted by Gasteiger charge is -2.22. The maximum Gasteiger partial charge on any atom is 0.214 e. The first kappa shape index (κ1) is 10.8. The Bertz CT molecular complexity index is 278. The molecule has 1 rings (SSSR count). The van der Waals surface area contributed by atoms with E-state index in [9.17, 15) is 0 Å². The van der Waals surface area contributed by atoms with Crippen molar-refractivity contribution in [3.8, 4) is 5.88 Å². The Morgan fingerprint density at radius 1 is 1.57 bits per heavy atom. The smallest absolute Gasteiger partial charge is 0.214 e. The molecule has 0 aromatic carbocycles. The zero-order valence-electron chi connectivity index (χ0n) is 8.73. The number of likely N-dealkylation sites (N-methyl/N-ethyl adjacent to an activating group) is 1. The van der Waals surface area contributed by atoms with E-state index in [0.717, 1.165) is 18.8 Å². The number of aromatic nitrogens is 1. The van der Waals surface area contributed by atoms with Crippen molar-refractivity contribution in [2.24, 2.45) is 5.73 Å². The minimum atomic E-state index is 0.637. The van der Waals surface area contributed by atoms with Crippen LogP contribution in [0.2, 0.25) is 0 Å². The molecule has 1 heterocycles. The van der Waals surface area contributed by atoms with Gasteiger partial charge in [-0.1, -0.05) is 0 Å². The van der Waals surface area contributed by atoms with Crippen LogP contribution in [-0.2, 0) is 0 Å². The van der Waals surface area contributed by atoms with E-state index in [-0.39, 0.29) is 0 Å². The fourth-order valence-electron chi connectivity index (χ4n) is 1.33. The van der Waals surface area contributed by atoms with Gasteiger partial charge in [-0.2, -0.15) is 0 Å². The molecule has 14 heavy (non-hydrogen) atoms. The van der Waals surface area contributed by atoms with Gasteiger partial charge >= 0.3 is 0 Å². The molecule has 4 nitrogen and oxygen atoms in total. The molecule has 0 unspecified atom stereocenters. The fraction of sp³-hybridized carbons (Fsp3) is 0.500. The van der Waals surface area contributed by atoms with Crippen LogP contribution in [0.3, 0.4) is 0 Å². The number of nitrogens with zero attached hydrogens (tertiary/aromatic N) is 2. The van der Waals surface area contributed by atoms with Gasteiger partial charge < -0.3 is 15.4 Å². The number of pyridine rings is 1. The second-order valence-electron chi connectivity index (χ2n) is 2.92. The van der Waals surface area contributed by atoms with Crippen molar-refractivity contribution in [2.45, 2.75) is 6.92 Å². The molecule has 0 atom stereocenters. The summed E-state index contributed by atoms with van der Waals surface area (Å²) in [4.78, 5) is 6.24. The van der Waals surface area contributed by atoms with Gasteiger partial charge in [0.1, 0.15) is 0 Å². The summed E-state index contributed by atoms with van der Waals surface area (Å²) in [6, 6.07) is 3.88. The zero-order chi connectivity index (χ0) is 10.4. The van der Waals surface area contributed by atoms with E-state index >= 15 is 0 Å². The van der Waals surface area contributed by atoms with Gasteiger partial charge in [0.15, 0.2) is 0 Å². The van der Waals surface area contributed by atoms with Gasteiger partial charge in [0.25, 0.3) is 0 Å². The van der Waals surface area contributed by atoms with Crippen LogP contribution in [0.15, 0.2) is 18.3 Å². The number of anilines is 1. The van der Waals surface area contributed by atoms with E-state index in [2.05, 4.69) is 16.8 Å². The lowest BCUT2D eigenvalue weighted by Crippen LogP contribution is -2.29. The average Bonchev–Trinajstić information content (AvgIpc) is 2.26. The predicted molar refractivity (Wildman–Crippen MR) is 57.7 cm³/mol. The molecule has 0 amide bonds. The van der Waals surface area contributed by atoms with Gasteiger partial charge in [-0.05, 0) is 13.0 Å². The molecular formula is C10H17N3O.